The minimum Gasteiger partial charge on any atom is -0.411 e. The van der Waals surface area contributed by atoms with Crippen molar-refractivity contribution in [2.75, 3.05) is 13.1 Å². The molecule has 0 aromatic rings. The Hall–Kier alpha value is -1.89. The van der Waals surface area contributed by atoms with Crippen LogP contribution >= 0.6 is 0 Å². The molecule has 0 unspecified atom stereocenters. The van der Waals surface area contributed by atoms with Crippen molar-refractivity contribution < 1.29 is 38.1 Å². The van der Waals surface area contributed by atoms with Gasteiger partial charge in [0.05, 0.1) is 49.0 Å². The van der Waals surface area contributed by atoms with Crippen LogP contribution in [0.25, 0.3) is 0 Å². The third-order valence-corrected chi connectivity index (χ3v) is 17.9. The number of nitrogens with one attached hydrogen (secondary N) is 2. The lowest BCUT2D eigenvalue weighted by Crippen LogP contribution is -2.52. The van der Waals surface area contributed by atoms with Crippen LogP contribution in [0.5, 0.6) is 0 Å². The predicted molar refractivity (Wildman–Crippen MR) is 231 cm³/mol. The first kappa shape index (κ1) is 49.5. The predicted octanol–water partition coefficient (Wildman–Crippen LogP) is 8.96. The first-order valence-corrected chi connectivity index (χ1v) is 25.3. The highest BCUT2D eigenvalue weighted by Gasteiger charge is 2.45. The molecule has 3 N–H and O–H groups in total. The van der Waals surface area contributed by atoms with Crippen molar-refractivity contribution in [2.45, 2.75) is 213 Å². The zero-order chi connectivity index (χ0) is 42.6. The van der Waals surface area contributed by atoms with Crippen LogP contribution in [0.4, 0.5) is 0 Å². The van der Waals surface area contributed by atoms with E-state index in [1.165, 1.54) is 0 Å². The lowest BCUT2D eigenvalue weighted by Gasteiger charge is -2.48. The summed E-state index contributed by atoms with van der Waals surface area (Å²) in [7, 11) is -2.28. The van der Waals surface area contributed by atoms with Crippen molar-refractivity contribution in [1.82, 2.24) is 10.6 Å². The molecule has 2 amide bonds. The van der Waals surface area contributed by atoms with E-state index < -0.39 is 32.2 Å². The Labute approximate surface area is 347 Å². The maximum atomic E-state index is 13.7. The number of amides is 2. The molecular weight excluding hydrogens is 737 g/mol. The van der Waals surface area contributed by atoms with E-state index in [0.717, 1.165) is 76.2 Å². The van der Waals surface area contributed by atoms with Gasteiger partial charge in [-0.05, 0) is 126 Å². The van der Waals surface area contributed by atoms with Crippen LogP contribution in [0.2, 0.25) is 18.1 Å². The van der Waals surface area contributed by atoms with Crippen LogP contribution in [0.15, 0.2) is 23.8 Å². The van der Waals surface area contributed by atoms with E-state index in [9.17, 15) is 19.5 Å². The van der Waals surface area contributed by atoms with E-state index in [0.29, 0.717) is 24.8 Å². The lowest BCUT2D eigenvalue weighted by atomic mass is 9.85. The van der Waals surface area contributed by atoms with Crippen molar-refractivity contribution >= 4 is 25.9 Å². The van der Waals surface area contributed by atoms with Crippen molar-refractivity contribution in [3.05, 3.63) is 23.8 Å². The summed E-state index contributed by atoms with van der Waals surface area (Å²) in [6.07, 6.45) is 15.4. The summed E-state index contributed by atoms with van der Waals surface area (Å²) < 4.78 is 26.6. The normalized spacial score (nSPS) is 29.8. The molecule has 0 radical (unpaired) electrons. The molecule has 11 atom stereocenters. The van der Waals surface area contributed by atoms with E-state index in [2.05, 4.69) is 71.3 Å². The van der Waals surface area contributed by atoms with Crippen molar-refractivity contribution in [3.63, 3.8) is 0 Å². The second-order valence-corrected chi connectivity index (χ2v) is 24.3. The molecule has 57 heavy (non-hydrogen) atoms. The fourth-order valence-corrected chi connectivity index (χ4v) is 9.59. The van der Waals surface area contributed by atoms with Crippen LogP contribution in [-0.4, -0.2) is 86.5 Å². The Bertz CT molecular complexity index is 1340. The molecule has 3 rings (SSSR count). The summed E-state index contributed by atoms with van der Waals surface area (Å²) in [6, 6.07) is 0. The number of aliphatic hydroxyl groups excluding tert-OH is 1. The minimum atomic E-state index is -2.28. The van der Waals surface area contributed by atoms with Gasteiger partial charge in [0, 0.05) is 32.4 Å². The van der Waals surface area contributed by atoms with Gasteiger partial charge in [0.2, 0.25) is 11.8 Å². The first-order chi connectivity index (χ1) is 26.6. The zero-order valence-electron chi connectivity index (χ0n) is 37.9. The molecule has 3 aliphatic heterocycles. The summed E-state index contributed by atoms with van der Waals surface area (Å²) in [5.41, 5.74) is 1.02. The van der Waals surface area contributed by atoms with Gasteiger partial charge in [-0.3, -0.25) is 14.4 Å². The highest BCUT2D eigenvalue weighted by atomic mass is 28.4. The molecule has 11 heteroatoms. The summed E-state index contributed by atoms with van der Waals surface area (Å²) in [5.74, 6) is -0.138. The van der Waals surface area contributed by atoms with E-state index >= 15 is 0 Å². The fraction of sp³-hybridized carbons (Fsp3) is 0.848. The zero-order valence-corrected chi connectivity index (χ0v) is 38.9. The average Bonchev–Trinajstić information content (AvgIpc) is 3.13. The van der Waals surface area contributed by atoms with E-state index in [1.807, 2.05) is 27.7 Å². The molecular formula is C46H82N2O8Si. The summed E-state index contributed by atoms with van der Waals surface area (Å²) in [4.78, 5) is 39.2. The minimum absolute atomic E-state index is 0.0432. The molecule has 10 nitrogen and oxygen atoms in total. The van der Waals surface area contributed by atoms with E-state index in [-0.39, 0.29) is 65.9 Å². The van der Waals surface area contributed by atoms with Crippen LogP contribution in [0.3, 0.4) is 0 Å². The Morgan fingerprint density at radius 2 is 1.63 bits per heavy atom. The molecule has 328 valence electrons. The SMILES string of the molecule is C/C=C/C(=O)C[C@@H]1CC[C@@H](C)[C@H](CC(=O)NC[C@@H](O[Si](C)(C)C(C)(C)C)[C@H](C)C(=O)NCCC[C@H]2O[C@@]3(CCC[C@@H](CC[C@H](C)/C=C(\C)[C@H](C)O)O3)CC[C@@H]2C)O1. The maximum Gasteiger partial charge on any atom is 0.225 e. The molecule has 3 saturated heterocycles. The summed E-state index contributed by atoms with van der Waals surface area (Å²) in [5, 5.41) is 16.1. The van der Waals surface area contributed by atoms with Crippen LogP contribution in [0.1, 0.15) is 153 Å². The van der Waals surface area contributed by atoms with Gasteiger partial charge in [-0.25, -0.2) is 0 Å². The highest BCUT2D eigenvalue weighted by Crippen LogP contribution is 2.43. The smallest absolute Gasteiger partial charge is 0.225 e. The molecule has 0 aromatic heterocycles. The molecule has 0 saturated carbocycles. The molecule has 3 heterocycles. The van der Waals surface area contributed by atoms with Gasteiger partial charge < -0.3 is 34.4 Å². The molecule has 3 fully saturated rings. The van der Waals surface area contributed by atoms with Gasteiger partial charge in [-0.1, -0.05) is 60.6 Å². The second kappa shape index (κ2) is 22.6. The Kier molecular flexibility index (Phi) is 19.6. The number of aliphatic hydroxyl groups is 1. The first-order valence-electron chi connectivity index (χ1n) is 22.4. The number of ether oxygens (including phenoxy) is 3. The number of rotatable bonds is 20. The van der Waals surface area contributed by atoms with Gasteiger partial charge in [0.25, 0.3) is 0 Å². The number of hydrogen-bond acceptors (Lipinski definition) is 8. The number of carbonyl (C=O) groups excluding carboxylic acids is 3. The molecule has 0 aromatic carbocycles. The van der Waals surface area contributed by atoms with Gasteiger partial charge in [0.1, 0.15) is 0 Å². The maximum absolute atomic E-state index is 13.7. The largest absolute Gasteiger partial charge is 0.411 e. The van der Waals surface area contributed by atoms with Crippen LogP contribution in [0, 0.1) is 23.7 Å². The van der Waals surface area contributed by atoms with E-state index in [4.69, 9.17) is 18.6 Å². The fourth-order valence-electron chi connectivity index (χ4n) is 8.19. The third-order valence-electron chi connectivity index (χ3n) is 13.4. The van der Waals surface area contributed by atoms with Gasteiger partial charge in [0.15, 0.2) is 19.9 Å². The van der Waals surface area contributed by atoms with Gasteiger partial charge >= 0.3 is 0 Å². The average molecular weight is 819 g/mol. The third kappa shape index (κ3) is 15.9. The van der Waals surface area contributed by atoms with Gasteiger partial charge in [-0.2, -0.15) is 0 Å². The topological polar surface area (TPSA) is 132 Å². The summed E-state index contributed by atoms with van der Waals surface area (Å²) in [6.45, 7) is 25.8. The number of allylic oxidation sites excluding steroid dienone is 3. The van der Waals surface area contributed by atoms with Crippen molar-refractivity contribution in [2.24, 2.45) is 23.7 Å². The Morgan fingerprint density at radius 3 is 2.30 bits per heavy atom. The van der Waals surface area contributed by atoms with E-state index in [1.54, 1.807) is 12.2 Å². The van der Waals surface area contributed by atoms with Crippen LogP contribution in [-0.2, 0) is 33.0 Å². The highest BCUT2D eigenvalue weighted by molar-refractivity contribution is 6.74. The molecule has 0 aliphatic carbocycles. The number of ketones is 1. The quantitative estimate of drug-likeness (QED) is 0.0481. The van der Waals surface area contributed by atoms with Crippen molar-refractivity contribution in [1.29, 1.82) is 0 Å². The number of hydrogen-bond donors (Lipinski definition) is 3. The summed E-state index contributed by atoms with van der Waals surface area (Å²) >= 11 is 0. The monoisotopic (exact) mass is 819 g/mol. The van der Waals surface area contributed by atoms with Gasteiger partial charge in [-0.15, -0.1) is 0 Å². The number of carbonyl (C=O) groups is 3. The Morgan fingerprint density at radius 1 is 0.930 bits per heavy atom. The Balaban J connectivity index is 1.53. The standard InChI is InChI=1S/C46H82N2O8Si/c1-13-16-37(50)28-39-22-20-32(3)41(53-39)29-43(51)48-30-42(56-57(11,12)45(8,9)10)35(6)44(52)47-26-15-18-40-33(4)23-25-46(55-40)24-14-17-38(54-46)21-19-31(2)27-34(5)36(7)49/h13,16,27,31-33,35-36,38-42,49H,14-15,17-26,28-30H2,1-12H3,(H,47,52)(H,48,51)/b16-13+,34-27+/t31-,32+,33-,35-,36-,38-,39-,40+,41-,42+,46-/m0/s1. The van der Waals surface area contributed by atoms with Crippen LogP contribution < -0.4 is 10.6 Å². The molecule has 1 spiro atoms. The van der Waals surface area contributed by atoms with Crippen molar-refractivity contribution in [3.8, 4) is 0 Å². The lowest BCUT2D eigenvalue weighted by molar-refractivity contribution is -0.324. The molecule has 3 aliphatic rings. The second-order valence-electron chi connectivity index (χ2n) is 19.5. The molecule has 0 bridgehead atoms.